The van der Waals surface area contributed by atoms with Gasteiger partial charge in [-0.2, -0.15) is 0 Å². The Hall–Kier alpha value is -2.67. The van der Waals surface area contributed by atoms with Crippen LogP contribution >= 0.6 is 0 Å². The second kappa shape index (κ2) is 22.1. The molecule has 3 heterocycles. The van der Waals surface area contributed by atoms with Crippen LogP contribution in [0.25, 0.3) is 0 Å². The number of fused-ring (bicyclic) bond motifs is 3. The van der Waals surface area contributed by atoms with Crippen molar-refractivity contribution in [1.29, 1.82) is 0 Å². The number of carbonyl (C=O) groups excluding carboxylic acids is 3. The van der Waals surface area contributed by atoms with Crippen molar-refractivity contribution >= 4 is 17.7 Å². The van der Waals surface area contributed by atoms with Crippen LogP contribution in [0.15, 0.2) is 47.6 Å². The predicted octanol–water partition coefficient (Wildman–Crippen LogP) is 6.52. The summed E-state index contributed by atoms with van der Waals surface area (Å²) in [7, 11) is 1.65. The van der Waals surface area contributed by atoms with E-state index in [1.165, 1.54) is 0 Å². The van der Waals surface area contributed by atoms with Gasteiger partial charge in [-0.3, -0.25) is 9.59 Å². The normalized spacial score (nSPS) is 40.4. The SMILES string of the molecule is CO[C@H]1C[C@@H]2CC[C@@H](C)[C@](O)(CC(=O)N3CCCC[C@H]3C(=O)OC([C@H](C)C[C@@H]3CC[C@@H](O)[C@H](O)C3)C/C=C(\C)[C@@H](O)CC(=O)[C@H](C)C[C@H](C)/C=C/C=C/C=C1C)O2. The molecule has 57 heavy (non-hydrogen) atoms. The highest BCUT2D eigenvalue weighted by atomic mass is 16.6. The Balaban J connectivity index is 1.62. The van der Waals surface area contributed by atoms with Gasteiger partial charge >= 0.3 is 5.97 Å². The lowest BCUT2D eigenvalue weighted by Gasteiger charge is -2.44. The lowest BCUT2D eigenvalue weighted by Crippen LogP contribution is -2.54. The van der Waals surface area contributed by atoms with Gasteiger partial charge < -0.3 is 39.5 Å². The highest BCUT2D eigenvalue weighted by molar-refractivity contribution is 5.85. The third-order valence-corrected chi connectivity index (χ3v) is 13.2. The Morgan fingerprint density at radius 3 is 2.39 bits per heavy atom. The first-order valence-corrected chi connectivity index (χ1v) is 21.7. The van der Waals surface area contributed by atoms with E-state index < -0.39 is 42.2 Å². The molecule has 0 aromatic heterocycles. The van der Waals surface area contributed by atoms with Crippen LogP contribution in [0.3, 0.4) is 0 Å². The molecule has 11 nitrogen and oxygen atoms in total. The lowest BCUT2D eigenvalue weighted by molar-refractivity contribution is -0.284. The number of hydrogen-bond acceptors (Lipinski definition) is 10. The molecule has 0 radical (unpaired) electrons. The van der Waals surface area contributed by atoms with Gasteiger partial charge in [0.05, 0.1) is 36.9 Å². The summed E-state index contributed by atoms with van der Waals surface area (Å²) < 4.78 is 18.5. The van der Waals surface area contributed by atoms with E-state index in [9.17, 15) is 34.8 Å². The molecule has 1 unspecified atom stereocenters. The number of ketones is 1. The summed E-state index contributed by atoms with van der Waals surface area (Å²) in [5, 5.41) is 43.6. The first-order valence-electron chi connectivity index (χ1n) is 21.7. The number of methoxy groups -OCH3 is 1. The van der Waals surface area contributed by atoms with Crippen molar-refractivity contribution in [2.45, 2.75) is 180 Å². The minimum Gasteiger partial charge on any atom is -0.460 e. The van der Waals surface area contributed by atoms with Crippen LogP contribution in [0.5, 0.6) is 0 Å². The van der Waals surface area contributed by atoms with Gasteiger partial charge in [0.2, 0.25) is 5.91 Å². The number of allylic oxidation sites excluding steroid dienone is 5. The van der Waals surface area contributed by atoms with E-state index in [1.807, 2.05) is 58.1 Å². The van der Waals surface area contributed by atoms with Crippen molar-refractivity contribution < 1.29 is 49.0 Å². The Kier molecular flexibility index (Phi) is 18.2. The summed E-state index contributed by atoms with van der Waals surface area (Å²) in [6.07, 6.45) is 14.9. The van der Waals surface area contributed by atoms with E-state index in [4.69, 9.17) is 14.2 Å². The zero-order chi connectivity index (χ0) is 41.9. The van der Waals surface area contributed by atoms with Crippen LogP contribution in [0, 0.1) is 29.6 Å². The van der Waals surface area contributed by atoms with E-state index in [0.717, 1.165) is 24.8 Å². The smallest absolute Gasteiger partial charge is 0.329 e. The summed E-state index contributed by atoms with van der Waals surface area (Å²) >= 11 is 0. The molecule has 13 atom stereocenters. The molecule has 11 heteroatoms. The quantitative estimate of drug-likeness (QED) is 0.182. The minimum atomic E-state index is -1.70. The minimum absolute atomic E-state index is 0.0123. The number of carbonyl (C=O) groups is 3. The molecule has 4 aliphatic rings. The van der Waals surface area contributed by atoms with Gasteiger partial charge in [0.15, 0.2) is 5.79 Å². The van der Waals surface area contributed by atoms with Gasteiger partial charge in [0.1, 0.15) is 17.9 Å². The molecule has 4 N–H and O–H groups in total. The molecule has 0 aromatic rings. The number of aliphatic hydroxyl groups is 4. The van der Waals surface area contributed by atoms with E-state index in [0.29, 0.717) is 69.9 Å². The summed E-state index contributed by atoms with van der Waals surface area (Å²) in [4.78, 5) is 43.1. The van der Waals surface area contributed by atoms with Crippen molar-refractivity contribution in [2.75, 3.05) is 13.7 Å². The third-order valence-electron chi connectivity index (χ3n) is 13.2. The Morgan fingerprint density at radius 2 is 1.67 bits per heavy atom. The lowest BCUT2D eigenvalue weighted by atomic mass is 9.79. The van der Waals surface area contributed by atoms with E-state index in [1.54, 1.807) is 18.9 Å². The Labute approximate surface area is 341 Å². The molecule has 0 aromatic carbocycles. The number of Topliss-reactive ketones (excluding diaryl/α,β-unsaturated/α-hetero) is 1. The van der Waals surface area contributed by atoms with Crippen LogP contribution in [0.1, 0.15) is 131 Å². The van der Waals surface area contributed by atoms with E-state index >= 15 is 0 Å². The number of nitrogens with zero attached hydrogens (tertiary/aromatic N) is 1. The average Bonchev–Trinajstić information content (AvgIpc) is 3.17. The molecule has 2 saturated heterocycles. The molecule has 3 fully saturated rings. The van der Waals surface area contributed by atoms with Gasteiger partial charge in [0.25, 0.3) is 0 Å². The predicted molar refractivity (Wildman–Crippen MR) is 220 cm³/mol. The number of aliphatic hydroxyl groups excluding tert-OH is 3. The molecule has 1 saturated carbocycles. The molecule has 2 bridgehead atoms. The molecule has 1 aliphatic carbocycles. The van der Waals surface area contributed by atoms with Gasteiger partial charge in [-0.25, -0.2) is 4.79 Å². The first kappa shape index (κ1) is 47.0. The number of piperidine rings is 1. The van der Waals surface area contributed by atoms with Gasteiger partial charge in [-0.1, -0.05) is 64.2 Å². The van der Waals surface area contributed by atoms with Crippen molar-refractivity contribution in [3.8, 4) is 0 Å². The fraction of sp³-hybridized carbons (Fsp3) is 0.761. The number of amides is 1. The van der Waals surface area contributed by atoms with Gasteiger partial charge in [0, 0.05) is 44.8 Å². The van der Waals surface area contributed by atoms with Crippen LogP contribution in [-0.2, 0) is 28.6 Å². The molecular weight excluding hydrogens is 727 g/mol. The highest BCUT2D eigenvalue weighted by Crippen LogP contribution is 2.38. The maximum Gasteiger partial charge on any atom is 0.329 e. The van der Waals surface area contributed by atoms with Crippen LogP contribution in [-0.4, -0.2) is 105 Å². The Morgan fingerprint density at radius 1 is 0.912 bits per heavy atom. The molecule has 0 spiro atoms. The van der Waals surface area contributed by atoms with Crippen LogP contribution in [0.2, 0.25) is 0 Å². The van der Waals surface area contributed by atoms with Crippen molar-refractivity contribution in [3.05, 3.63) is 47.6 Å². The zero-order valence-electron chi connectivity index (χ0n) is 35.7. The van der Waals surface area contributed by atoms with Crippen LogP contribution < -0.4 is 0 Å². The van der Waals surface area contributed by atoms with Crippen LogP contribution in [0.4, 0.5) is 0 Å². The number of cyclic esters (lactones) is 1. The van der Waals surface area contributed by atoms with Gasteiger partial charge in [-0.05, 0) is 107 Å². The number of rotatable bonds is 4. The Bertz CT molecular complexity index is 1460. The highest BCUT2D eigenvalue weighted by Gasteiger charge is 2.46. The molecule has 4 rings (SSSR count). The standard InChI is InChI=1S/C46H73NO10/c1-29-13-9-8-10-14-31(3)43(55-7)26-36-19-17-34(6)46(54,57-36)28-44(52)47-22-12-11-15-37(47)45(53)56-42(33(5)24-35-18-20-38(48)41(51)25-35)21-16-30(2)39(49)27-40(50)32(4)23-29/h8-10,13-14,16,29,32-39,41-43,48-49,51,54H,11-12,15,17-28H2,1-7H3/b10-8+,13-9+,30-16+,31-14?/t29-,32-,33-,34-,35+,36+,37+,38-,39+,41-,42?,43+,46+/m1/s1. The summed E-state index contributed by atoms with van der Waals surface area (Å²) in [5.74, 6) is -2.98. The van der Waals surface area contributed by atoms with Crippen molar-refractivity contribution in [2.24, 2.45) is 29.6 Å². The molecule has 1 amide bonds. The molecule has 3 aliphatic heterocycles. The first-order chi connectivity index (χ1) is 27.0. The largest absolute Gasteiger partial charge is 0.460 e. The average molecular weight is 800 g/mol. The fourth-order valence-electron chi connectivity index (χ4n) is 9.13. The summed E-state index contributed by atoms with van der Waals surface area (Å²) in [6.45, 7) is 12.0. The number of hydrogen-bond donors (Lipinski definition) is 4. The fourth-order valence-corrected chi connectivity index (χ4v) is 9.13. The van der Waals surface area contributed by atoms with Crippen molar-refractivity contribution in [1.82, 2.24) is 4.90 Å². The zero-order valence-corrected chi connectivity index (χ0v) is 35.7. The summed E-state index contributed by atoms with van der Waals surface area (Å²) in [6, 6.07) is -0.820. The maximum atomic E-state index is 14.2. The second-order valence-corrected chi connectivity index (χ2v) is 18.0. The van der Waals surface area contributed by atoms with Crippen molar-refractivity contribution in [3.63, 3.8) is 0 Å². The molecule has 322 valence electrons. The number of esters is 1. The topological polar surface area (TPSA) is 163 Å². The summed E-state index contributed by atoms with van der Waals surface area (Å²) in [5.41, 5.74) is 1.62. The third kappa shape index (κ3) is 13.7. The maximum absolute atomic E-state index is 14.2. The number of ether oxygens (including phenoxy) is 3. The molecular formula is C46H73NO10. The monoisotopic (exact) mass is 800 g/mol. The van der Waals surface area contributed by atoms with E-state index in [-0.39, 0.29) is 66.3 Å². The second-order valence-electron chi connectivity index (χ2n) is 18.0. The van der Waals surface area contributed by atoms with Gasteiger partial charge in [-0.15, -0.1) is 0 Å². The van der Waals surface area contributed by atoms with E-state index in [2.05, 4.69) is 13.0 Å².